The molecular formula is C8H6NO2. The number of rotatable bonds is 0. The first-order chi connectivity index (χ1) is 5.29. The molecule has 0 spiro atoms. The predicted molar refractivity (Wildman–Crippen MR) is 39.6 cm³/mol. The number of aromatic hydroxyl groups is 1. The van der Waals surface area contributed by atoms with Crippen molar-refractivity contribution < 1.29 is 10.3 Å². The summed E-state index contributed by atoms with van der Waals surface area (Å²) in [5.74, 6) is -0.258. The van der Waals surface area contributed by atoms with Gasteiger partial charge >= 0.3 is 0 Å². The number of hydrogen-bond donors (Lipinski definition) is 2. The van der Waals surface area contributed by atoms with Crippen LogP contribution in [0, 0.1) is 6.07 Å². The van der Waals surface area contributed by atoms with Gasteiger partial charge in [-0.05, 0) is 6.07 Å². The molecule has 2 rings (SSSR count). The average Bonchev–Trinajstić information content (AvgIpc) is 2.30. The van der Waals surface area contributed by atoms with Gasteiger partial charge in [0.1, 0.15) is 0 Å². The maximum atomic E-state index is 9.13. The van der Waals surface area contributed by atoms with E-state index in [4.69, 9.17) is 10.3 Å². The first-order valence-corrected chi connectivity index (χ1v) is 3.20. The maximum absolute atomic E-state index is 9.13. The minimum atomic E-state index is -0.258. The summed E-state index contributed by atoms with van der Waals surface area (Å²) in [6.45, 7) is 0. The molecule has 0 amide bonds. The van der Waals surface area contributed by atoms with Crippen LogP contribution in [0.2, 0.25) is 0 Å². The number of nitrogens with zero attached hydrogens (tertiary/aromatic N) is 1. The lowest BCUT2D eigenvalue weighted by Crippen LogP contribution is -1.86. The fourth-order valence-electron chi connectivity index (χ4n) is 1.05. The second-order valence-corrected chi connectivity index (χ2v) is 2.28. The minimum absolute atomic E-state index is 0.258. The molecule has 0 bridgehead atoms. The van der Waals surface area contributed by atoms with Crippen molar-refractivity contribution in [3.63, 3.8) is 0 Å². The first-order valence-electron chi connectivity index (χ1n) is 3.20. The standard InChI is InChI=1S/C8H6NO2/c10-8-5-6-3-1-2-4-7(6)9(8)11/h1-4,10-11H. The van der Waals surface area contributed by atoms with Gasteiger partial charge in [0, 0.05) is 5.39 Å². The molecule has 0 unspecified atom stereocenters. The molecule has 1 aromatic heterocycles. The van der Waals surface area contributed by atoms with Gasteiger partial charge in [0.25, 0.3) is 0 Å². The van der Waals surface area contributed by atoms with E-state index in [-0.39, 0.29) is 5.88 Å². The van der Waals surface area contributed by atoms with Crippen molar-refractivity contribution >= 4 is 10.9 Å². The molecular weight excluding hydrogens is 142 g/mol. The summed E-state index contributed by atoms with van der Waals surface area (Å²) in [5.41, 5.74) is 0.560. The van der Waals surface area contributed by atoms with Gasteiger partial charge in [-0.25, -0.2) is 0 Å². The van der Waals surface area contributed by atoms with Gasteiger partial charge in [-0.2, -0.15) is 4.73 Å². The highest BCUT2D eigenvalue weighted by molar-refractivity contribution is 5.80. The third-order valence-electron chi connectivity index (χ3n) is 1.58. The van der Waals surface area contributed by atoms with Crippen molar-refractivity contribution in [2.45, 2.75) is 0 Å². The summed E-state index contributed by atoms with van der Waals surface area (Å²) in [4.78, 5) is 0. The van der Waals surface area contributed by atoms with Gasteiger partial charge in [-0.1, -0.05) is 18.2 Å². The quantitative estimate of drug-likeness (QED) is 0.554. The SMILES string of the molecule is Oc1[c]c2ccccc2n1O. The second-order valence-electron chi connectivity index (χ2n) is 2.28. The summed E-state index contributed by atoms with van der Waals surface area (Å²) in [7, 11) is 0. The fraction of sp³-hybridized carbons (Fsp3) is 0. The van der Waals surface area contributed by atoms with E-state index < -0.39 is 0 Å². The molecule has 0 fully saturated rings. The Hall–Kier alpha value is -1.64. The molecule has 2 N–H and O–H groups in total. The Morgan fingerprint density at radius 2 is 2.00 bits per heavy atom. The van der Waals surface area contributed by atoms with Gasteiger partial charge in [0.2, 0.25) is 5.88 Å². The van der Waals surface area contributed by atoms with Crippen molar-refractivity contribution in [1.82, 2.24) is 4.73 Å². The van der Waals surface area contributed by atoms with E-state index in [0.717, 1.165) is 0 Å². The Morgan fingerprint density at radius 1 is 1.27 bits per heavy atom. The molecule has 0 saturated heterocycles. The van der Waals surface area contributed by atoms with Crippen LogP contribution in [0.15, 0.2) is 24.3 Å². The van der Waals surface area contributed by atoms with E-state index in [1.54, 1.807) is 18.2 Å². The Labute approximate surface area is 63.1 Å². The Kier molecular flexibility index (Phi) is 1.06. The van der Waals surface area contributed by atoms with Crippen LogP contribution in [-0.2, 0) is 0 Å². The molecule has 3 nitrogen and oxygen atoms in total. The molecule has 1 aromatic carbocycles. The lowest BCUT2D eigenvalue weighted by Gasteiger charge is -1.93. The van der Waals surface area contributed by atoms with Crippen molar-refractivity contribution in [2.24, 2.45) is 0 Å². The lowest BCUT2D eigenvalue weighted by molar-refractivity contribution is 0.167. The van der Waals surface area contributed by atoms with Crippen LogP contribution in [0.25, 0.3) is 10.9 Å². The molecule has 55 valence electrons. The monoisotopic (exact) mass is 148 g/mol. The summed E-state index contributed by atoms with van der Waals surface area (Å²) in [5, 5.41) is 18.8. The molecule has 0 aliphatic heterocycles. The van der Waals surface area contributed by atoms with Gasteiger partial charge in [-0.15, -0.1) is 0 Å². The van der Waals surface area contributed by atoms with Crippen LogP contribution in [0.1, 0.15) is 0 Å². The van der Waals surface area contributed by atoms with Crippen molar-refractivity contribution in [2.75, 3.05) is 0 Å². The number of benzene rings is 1. The summed E-state index contributed by atoms with van der Waals surface area (Å²) >= 11 is 0. The second kappa shape index (κ2) is 1.92. The van der Waals surface area contributed by atoms with Crippen LogP contribution < -0.4 is 0 Å². The van der Waals surface area contributed by atoms with E-state index in [9.17, 15) is 0 Å². The minimum Gasteiger partial charge on any atom is -0.492 e. The molecule has 3 heteroatoms. The van der Waals surface area contributed by atoms with Gasteiger partial charge in [-0.3, -0.25) is 0 Å². The number of fused-ring (bicyclic) bond motifs is 1. The van der Waals surface area contributed by atoms with Crippen LogP contribution in [0.4, 0.5) is 0 Å². The van der Waals surface area contributed by atoms with Gasteiger partial charge in [0.05, 0.1) is 11.6 Å². The van der Waals surface area contributed by atoms with E-state index in [1.165, 1.54) is 0 Å². The smallest absolute Gasteiger partial charge is 0.234 e. The normalized spacial score (nSPS) is 10.5. The third-order valence-corrected chi connectivity index (χ3v) is 1.58. The Bertz CT molecular complexity index is 392. The molecule has 1 heterocycles. The van der Waals surface area contributed by atoms with E-state index in [1.807, 2.05) is 6.07 Å². The molecule has 0 saturated carbocycles. The highest BCUT2D eigenvalue weighted by Crippen LogP contribution is 2.20. The summed E-state index contributed by atoms with van der Waals surface area (Å²) in [6, 6.07) is 9.66. The summed E-state index contributed by atoms with van der Waals surface area (Å²) < 4.78 is 0.704. The van der Waals surface area contributed by atoms with Crippen LogP contribution in [-0.4, -0.2) is 15.0 Å². The zero-order valence-electron chi connectivity index (χ0n) is 5.65. The van der Waals surface area contributed by atoms with Crippen molar-refractivity contribution in [1.29, 1.82) is 0 Å². The predicted octanol–water partition coefficient (Wildman–Crippen LogP) is 1.38. The molecule has 11 heavy (non-hydrogen) atoms. The highest BCUT2D eigenvalue weighted by Gasteiger charge is 2.04. The van der Waals surface area contributed by atoms with E-state index in [0.29, 0.717) is 15.6 Å². The van der Waals surface area contributed by atoms with E-state index in [2.05, 4.69) is 6.07 Å². The fourth-order valence-corrected chi connectivity index (χ4v) is 1.05. The van der Waals surface area contributed by atoms with E-state index >= 15 is 0 Å². The highest BCUT2D eigenvalue weighted by atomic mass is 16.5. The third kappa shape index (κ3) is 0.741. The topological polar surface area (TPSA) is 45.4 Å². The maximum Gasteiger partial charge on any atom is 0.234 e. The van der Waals surface area contributed by atoms with Crippen molar-refractivity contribution in [3.8, 4) is 5.88 Å². The average molecular weight is 148 g/mol. The van der Waals surface area contributed by atoms with Crippen molar-refractivity contribution in [3.05, 3.63) is 30.3 Å². The number of aromatic nitrogens is 1. The largest absolute Gasteiger partial charge is 0.492 e. The van der Waals surface area contributed by atoms with Crippen LogP contribution in [0.5, 0.6) is 5.88 Å². The first kappa shape index (κ1) is 6.09. The molecule has 0 aliphatic rings. The Balaban J connectivity index is 2.92. The molecule has 0 aliphatic carbocycles. The molecule has 2 aromatic rings. The number of para-hydroxylation sites is 1. The number of hydrogen-bond acceptors (Lipinski definition) is 2. The zero-order valence-corrected chi connectivity index (χ0v) is 5.65. The summed E-state index contributed by atoms with van der Waals surface area (Å²) in [6.07, 6.45) is 0. The zero-order chi connectivity index (χ0) is 7.84. The molecule has 1 radical (unpaired) electrons. The van der Waals surface area contributed by atoms with Gasteiger partial charge < -0.3 is 10.3 Å². The lowest BCUT2D eigenvalue weighted by atomic mass is 10.3. The molecule has 0 atom stereocenters. The van der Waals surface area contributed by atoms with Gasteiger partial charge in [0.15, 0.2) is 0 Å². The Morgan fingerprint density at radius 3 is 2.73 bits per heavy atom. The van der Waals surface area contributed by atoms with Crippen LogP contribution in [0.3, 0.4) is 0 Å². The van der Waals surface area contributed by atoms with Crippen LogP contribution >= 0.6 is 0 Å².